The molecule has 0 radical (unpaired) electrons. The summed E-state index contributed by atoms with van der Waals surface area (Å²) >= 11 is 0. The second-order valence-corrected chi connectivity index (χ2v) is 6.84. The van der Waals surface area contributed by atoms with Gasteiger partial charge in [0.05, 0.1) is 0 Å². The third kappa shape index (κ3) is 5.64. The lowest BCUT2D eigenvalue weighted by Crippen LogP contribution is -2.60. The Kier molecular flexibility index (Phi) is 6.98. The normalized spacial score (nSPS) is 26.0. The number of hydrogen-bond donors (Lipinski definition) is 6. The van der Waals surface area contributed by atoms with E-state index in [1.54, 1.807) is 0 Å². The number of hydrogen-bond acceptors (Lipinski definition) is 10. The molecule has 1 saturated heterocycles. The minimum absolute atomic E-state index is 0.00766. The van der Waals surface area contributed by atoms with Crippen molar-refractivity contribution in [3.05, 3.63) is 54.1 Å². The van der Waals surface area contributed by atoms with Crippen molar-refractivity contribution in [2.24, 2.45) is 0 Å². The van der Waals surface area contributed by atoms with Crippen LogP contribution in [0.25, 0.3) is 6.08 Å². The van der Waals surface area contributed by atoms with Gasteiger partial charge in [-0.25, -0.2) is 4.79 Å². The lowest BCUT2D eigenvalue weighted by Gasteiger charge is -2.39. The third-order valence-corrected chi connectivity index (χ3v) is 4.56. The number of carbonyl (C=O) groups is 1. The second-order valence-electron chi connectivity index (χ2n) is 6.84. The van der Waals surface area contributed by atoms with Crippen molar-refractivity contribution in [1.82, 2.24) is 0 Å². The monoisotopic (exact) mass is 434 g/mol. The van der Waals surface area contributed by atoms with Crippen LogP contribution in [-0.2, 0) is 14.3 Å². The molecule has 10 heteroatoms. The summed E-state index contributed by atoms with van der Waals surface area (Å²) in [5.41, 5.74) is 0.433. The van der Waals surface area contributed by atoms with Crippen LogP contribution in [0, 0.1) is 0 Å². The Labute approximate surface area is 176 Å². The first kappa shape index (κ1) is 22.4. The molecule has 1 heterocycles. The summed E-state index contributed by atoms with van der Waals surface area (Å²) in [5.74, 6) is -1.19. The van der Waals surface area contributed by atoms with E-state index in [1.807, 2.05) is 0 Å². The molecule has 3 rings (SSSR count). The summed E-state index contributed by atoms with van der Waals surface area (Å²) in [4.78, 5) is 11.9. The number of benzene rings is 2. The molecule has 1 fully saturated rings. The number of aromatic hydroxyl groups is 3. The smallest absolute Gasteiger partial charge is 0.330 e. The molecule has 2 aromatic rings. The molecule has 166 valence electrons. The summed E-state index contributed by atoms with van der Waals surface area (Å²) < 4.78 is 15.9. The minimum atomic E-state index is -1.62. The Hall–Kier alpha value is -3.31. The molecule has 0 saturated carbocycles. The van der Waals surface area contributed by atoms with Crippen molar-refractivity contribution in [3.8, 4) is 23.0 Å². The van der Waals surface area contributed by atoms with Crippen LogP contribution in [0.4, 0.5) is 0 Å². The van der Waals surface area contributed by atoms with E-state index in [2.05, 4.69) is 0 Å². The molecule has 5 unspecified atom stereocenters. The highest BCUT2D eigenvalue weighted by Crippen LogP contribution is 2.26. The maximum absolute atomic E-state index is 11.9. The van der Waals surface area contributed by atoms with Gasteiger partial charge in [-0.1, -0.05) is 6.07 Å². The molecule has 0 bridgehead atoms. The average molecular weight is 434 g/mol. The summed E-state index contributed by atoms with van der Waals surface area (Å²) in [7, 11) is 0. The van der Waals surface area contributed by atoms with Gasteiger partial charge < -0.3 is 44.8 Å². The summed E-state index contributed by atoms with van der Waals surface area (Å²) in [6, 6.07) is 9.53. The highest BCUT2D eigenvalue weighted by atomic mass is 16.7. The Morgan fingerprint density at radius 1 is 0.935 bits per heavy atom. The molecule has 1 aliphatic rings. The van der Waals surface area contributed by atoms with Crippen molar-refractivity contribution in [2.45, 2.75) is 30.7 Å². The lowest BCUT2D eigenvalue weighted by atomic mass is 9.99. The predicted molar refractivity (Wildman–Crippen MR) is 105 cm³/mol. The Balaban J connectivity index is 1.58. The highest BCUT2D eigenvalue weighted by Gasteiger charge is 2.45. The van der Waals surface area contributed by atoms with Gasteiger partial charge >= 0.3 is 5.97 Å². The van der Waals surface area contributed by atoms with Crippen LogP contribution < -0.4 is 4.74 Å². The molecule has 0 amide bonds. The molecule has 2 aromatic carbocycles. The van der Waals surface area contributed by atoms with Crippen LogP contribution in [0.15, 0.2) is 48.5 Å². The fourth-order valence-corrected chi connectivity index (χ4v) is 2.83. The van der Waals surface area contributed by atoms with E-state index >= 15 is 0 Å². The largest absolute Gasteiger partial charge is 0.508 e. The van der Waals surface area contributed by atoms with Gasteiger partial charge in [0.25, 0.3) is 0 Å². The molecule has 5 atom stereocenters. The van der Waals surface area contributed by atoms with E-state index in [0.717, 1.165) is 6.08 Å². The number of phenolic OH excluding ortho intramolecular Hbond substituents is 3. The number of ether oxygens (including phenoxy) is 3. The van der Waals surface area contributed by atoms with Gasteiger partial charge in [-0.15, -0.1) is 0 Å². The van der Waals surface area contributed by atoms with Gasteiger partial charge in [0, 0.05) is 6.08 Å². The standard InChI is InChI=1S/C21H22O10/c22-12-3-5-13(6-4-12)30-21-20(28)19(27)18(26)16(31-21)10-29-17(25)8-2-11-1-7-14(23)15(24)9-11/h1-9,16,18-24,26-28H,10H2/b8-2+. The van der Waals surface area contributed by atoms with Gasteiger partial charge in [0.2, 0.25) is 6.29 Å². The van der Waals surface area contributed by atoms with Gasteiger partial charge in [-0.2, -0.15) is 0 Å². The molecular formula is C21H22O10. The zero-order valence-electron chi connectivity index (χ0n) is 16.1. The SMILES string of the molecule is O=C(/C=C/c1ccc(O)c(O)c1)OCC1OC(Oc2ccc(O)cc2)C(O)C(O)C1O. The first-order chi connectivity index (χ1) is 14.7. The fourth-order valence-electron chi connectivity index (χ4n) is 2.83. The lowest BCUT2D eigenvalue weighted by molar-refractivity contribution is -0.278. The maximum Gasteiger partial charge on any atom is 0.330 e. The Bertz CT molecular complexity index is 926. The first-order valence-corrected chi connectivity index (χ1v) is 9.27. The van der Waals surface area contributed by atoms with Crippen LogP contribution in [0.5, 0.6) is 23.0 Å². The fraction of sp³-hybridized carbons (Fsp3) is 0.286. The van der Waals surface area contributed by atoms with Crippen LogP contribution in [-0.4, -0.2) is 73.9 Å². The topological polar surface area (TPSA) is 166 Å². The molecule has 10 nitrogen and oxygen atoms in total. The number of esters is 1. The van der Waals surface area contributed by atoms with E-state index in [9.17, 15) is 35.4 Å². The Morgan fingerprint density at radius 2 is 1.65 bits per heavy atom. The van der Waals surface area contributed by atoms with E-state index < -0.39 is 43.3 Å². The zero-order chi connectivity index (χ0) is 22.5. The summed E-state index contributed by atoms with van der Waals surface area (Å²) in [5, 5.41) is 58.3. The maximum atomic E-state index is 11.9. The average Bonchev–Trinajstić information content (AvgIpc) is 2.75. The van der Waals surface area contributed by atoms with Gasteiger partial charge in [-0.05, 0) is 48.0 Å². The highest BCUT2D eigenvalue weighted by molar-refractivity contribution is 5.87. The summed E-state index contributed by atoms with van der Waals surface area (Å²) in [6.07, 6.45) is -4.86. The van der Waals surface area contributed by atoms with Crippen LogP contribution >= 0.6 is 0 Å². The molecule has 0 spiro atoms. The van der Waals surface area contributed by atoms with Crippen molar-refractivity contribution in [2.75, 3.05) is 6.61 Å². The van der Waals surface area contributed by atoms with E-state index in [4.69, 9.17) is 14.2 Å². The van der Waals surface area contributed by atoms with E-state index in [-0.39, 0.29) is 23.0 Å². The van der Waals surface area contributed by atoms with Crippen molar-refractivity contribution >= 4 is 12.0 Å². The van der Waals surface area contributed by atoms with Crippen LogP contribution in [0.2, 0.25) is 0 Å². The number of carbonyl (C=O) groups excluding carboxylic acids is 1. The van der Waals surface area contributed by atoms with Crippen molar-refractivity contribution in [3.63, 3.8) is 0 Å². The third-order valence-electron chi connectivity index (χ3n) is 4.56. The number of aliphatic hydroxyl groups excluding tert-OH is 3. The quantitative estimate of drug-likeness (QED) is 0.211. The van der Waals surface area contributed by atoms with Gasteiger partial charge in [0.15, 0.2) is 11.5 Å². The predicted octanol–water partition coefficient (Wildman–Crippen LogP) is 0.246. The number of rotatable bonds is 6. The molecule has 1 aliphatic heterocycles. The van der Waals surface area contributed by atoms with Gasteiger partial charge in [-0.3, -0.25) is 0 Å². The van der Waals surface area contributed by atoms with Crippen LogP contribution in [0.3, 0.4) is 0 Å². The van der Waals surface area contributed by atoms with Crippen molar-refractivity contribution in [1.29, 1.82) is 0 Å². The second kappa shape index (κ2) is 9.67. The molecule has 0 aliphatic carbocycles. The first-order valence-electron chi connectivity index (χ1n) is 9.27. The minimum Gasteiger partial charge on any atom is -0.508 e. The molecular weight excluding hydrogens is 412 g/mol. The summed E-state index contributed by atoms with van der Waals surface area (Å²) in [6.45, 7) is -0.440. The van der Waals surface area contributed by atoms with E-state index in [0.29, 0.717) is 5.56 Å². The molecule has 6 N–H and O–H groups in total. The van der Waals surface area contributed by atoms with Crippen molar-refractivity contribution < 1.29 is 49.6 Å². The zero-order valence-corrected chi connectivity index (χ0v) is 16.1. The van der Waals surface area contributed by atoms with E-state index in [1.165, 1.54) is 48.5 Å². The molecule has 31 heavy (non-hydrogen) atoms. The Morgan fingerprint density at radius 3 is 2.32 bits per heavy atom. The molecule has 0 aromatic heterocycles. The number of phenols is 3. The van der Waals surface area contributed by atoms with Gasteiger partial charge in [0.1, 0.15) is 42.5 Å². The van der Waals surface area contributed by atoms with Crippen LogP contribution in [0.1, 0.15) is 5.56 Å². The number of aliphatic hydroxyl groups is 3.